The molecule has 1 amide bonds. The van der Waals surface area contributed by atoms with Crippen LogP contribution in [0.4, 0.5) is 5.95 Å². The highest BCUT2D eigenvalue weighted by atomic mass is 16.2. The van der Waals surface area contributed by atoms with Crippen molar-refractivity contribution in [1.82, 2.24) is 20.1 Å². The Bertz CT molecular complexity index is 306. The van der Waals surface area contributed by atoms with E-state index in [1.807, 2.05) is 13.8 Å². The smallest absolute Gasteiger partial charge is 0.291 e. The molecule has 0 aromatic carbocycles. The van der Waals surface area contributed by atoms with Crippen LogP contribution in [0.3, 0.4) is 0 Å². The van der Waals surface area contributed by atoms with Gasteiger partial charge in [0.1, 0.15) is 0 Å². The second-order valence-corrected chi connectivity index (χ2v) is 3.05. The van der Waals surface area contributed by atoms with Gasteiger partial charge in [0.25, 0.3) is 5.91 Å². The van der Waals surface area contributed by atoms with Gasteiger partial charge in [-0.2, -0.15) is 4.98 Å². The summed E-state index contributed by atoms with van der Waals surface area (Å²) in [6.07, 6.45) is 0. The Balaban J connectivity index is 2.79. The number of carbonyl (C=O) groups excluding carboxylic acids is 1. The molecule has 0 unspecified atom stereocenters. The first-order valence-electron chi connectivity index (χ1n) is 3.97. The van der Waals surface area contributed by atoms with Crippen LogP contribution in [0.1, 0.15) is 24.5 Å². The number of amides is 1. The molecule has 3 N–H and O–H groups in total. The number of H-pyrrole nitrogens is 1. The zero-order valence-corrected chi connectivity index (χ0v) is 7.90. The number of rotatable bonds is 2. The van der Waals surface area contributed by atoms with E-state index in [0.717, 1.165) is 0 Å². The van der Waals surface area contributed by atoms with Crippen LogP contribution in [0, 0.1) is 0 Å². The van der Waals surface area contributed by atoms with E-state index in [4.69, 9.17) is 5.73 Å². The van der Waals surface area contributed by atoms with Crippen LogP contribution in [0.25, 0.3) is 0 Å². The summed E-state index contributed by atoms with van der Waals surface area (Å²) in [6, 6.07) is 0.124. The number of anilines is 1. The van der Waals surface area contributed by atoms with E-state index in [-0.39, 0.29) is 23.7 Å². The molecule has 0 radical (unpaired) electrons. The third-order valence-electron chi connectivity index (χ3n) is 1.80. The molecule has 6 nitrogen and oxygen atoms in total. The third-order valence-corrected chi connectivity index (χ3v) is 1.80. The molecular weight excluding hydrogens is 170 g/mol. The number of nitrogens with two attached hydrogens (primary N) is 1. The second-order valence-electron chi connectivity index (χ2n) is 3.05. The normalized spacial score (nSPS) is 10.5. The lowest BCUT2D eigenvalue weighted by molar-refractivity contribution is 0.0743. The Kier molecular flexibility index (Phi) is 2.50. The van der Waals surface area contributed by atoms with E-state index in [2.05, 4.69) is 15.2 Å². The number of hydrogen-bond donors (Lipinski definition) is 2. The summed E-state index contributed by atoms with van der Waals surface area (Å²) >= 11 is 0. The van der Waals surface area contributed by atoms with Gasteiger partial charge < -0.3 is 10.6 Å². The molecule has 1 rings (SSSR count). The fourth-order valence-electron chi connectivity index (χ4n) is 0.772. The molecule has 0 spiro atoms. The van der Waals surface area contributed by atoms with Gasteiger partial charge in [0.05, 0.1) is 0 Å². The highest BCUT2D eigenvalue weighted by Crippen LogP contribution is 2.01. The summed E-state index contributed by atoms with van der Waals surface area (Å²) < 4.78 is 0. The molecule has 13 heavy (non-hydrogen) atoms. The van der Waals surface area contributed by atoms with E-state index >= 15 is 0 Å². The van der Waals surface area contributed by atoms with Gasteiger partial charge >= 0.3 is 0 Å². The zero-order chi connectivity index (χ0) is 10.0. The van der Waals surface area contributed by atoms with Gasteiger partial charge in [-0.3, -0.25) is 9.89 Å². The molecule has 1 heterocycles. The molecule has 1 aromatic heterocycles. The van der Waals surface area contributed by atoms with E-state index in [9.17, 15) is 4.79 Å². The summed E-state index contributed by atoms with van der Waals surface area (Å²) in [7, 11) is 1.70. The molecule has 0 aliphatic heterocycles. The van der Waals surface area contributed by atoms with Crippen LogP contribution in [0.2, 0.25) is 0 Å². The summed E-state index contributed by atoms with van der Waals surface area (Å²) in [6.45, 7) is 3.83. The van der Waals surface area contributed by atoms with Gasteiger partial charge in [0, 0.05) is 13.1 Å². The maximum Gasteiger partial charge on any atom is 0.291 e. The van der Waals surface area contributed by atoms with Crippen LogP contribution in [-0.2, 0) is 0 Å². The number of aromatic nitrogens is 3. The molecule has 0 saturated carbocycles. The van der Waals surface area contributed by atoms with E-state index in [1.165, 1.54) is 0 Å². The molecule has 6 heteroatoms. The molecule has 72 valence electrons. The van der Waals surface area contributed by atoms with Crippen molar-refractivity contribution < 1.29 is 4.79 Å². The number of nitrogen functional groups attached to an aromatic ring is 1. The predicted molar refractivity (Wildman–Crippen MR) is 48.0 cm³/mol. The Morgan fingerprint density at radius 2 is 2.23 bits per heavy atom. The topological polar surface area (TPSA) is 87.9 Å². The van der Waals surface area contributed by atoms with E-state index < -0.39 is 0 Å². The lowest BCUT2D eigenvalue weighted by Crippen LogP contribution is -2.33. The van der Waals surface area contributed by atoms with Crippen LogP contribution in [0.5, 0.6) is 0 Å². The average Bonchev–Trinajstić information content (AvgIpc) is 2.49. The lowest BCUT2D eigenvalue weighted by Gasteiger charge is -2.19. The molecule has 0 saturated heterocycles. The van der Waals surface area contributed by atoms with Crippen molar-refractivity contribution >= 4 is 11.9 Å². The van der Waals surface area contributed by atoms with Crippen LogP contribution in [-0.4, -0.2) is 39.1 Å². The van der Waals surface area contributed by atoms with Crippen molar-refractivity contribution in [2.24, 2.45) is 0 Å². The maximum atomic E-state index is 11.5. The number of hydrogen-bond acceptors (Lipinski definition) is 4. The maximum absolute atomic E-state index is 11.5. The molecule has 0 aliphatic rings. The van der Waals surface area contributed by atoms with Gasteiger partial charge in [-0.25, -0.2) is 0 Å². The number of nitrogens with zero attached hydrogens (tertiary/aromatic N) is 3. The number of nitrogens with one attached hydrogen (secondary N) is 1. The molecular formula is C7H13N5O. The number of aromatic amines is 1. The Hall–Kier alpha value is -1.59. The largest absolute Gasteiger partial charge is 0.366 e. The van der Waals surface area contributed by atoms with Crippen molar-refractivity contribution in [2.45, 2.75) is 19.9 Å². The molecule has 1 aromatic rings. The standard InChI is InChI=1S/C7H13N5O/c1-4(2)12(3)6(13)5-9-7(8)11-10-5/h4H,1-3H3,(H3,8,9,10,11). The molecule has 0 bridgehead atoms. The van der Waals surface area contributed by atoms with Gasteiger partial charge in [-0.1, -0.05) is 0 Å². The first-order chi connectivity index (χ1) is 6.02. The van der Waals surface area contributed by atoms with Gasteiger partial charge in [0.2, 0.25) is 11.8 Å². The highest BCUT2D eigenvalue weighted by Gasteiger charge is 2.17. The third kappa shape index (κ3) is 1.95. The minimum Gasteiger partial charge on any atom is -0.366 e. The van der Waals surface area contributed by atoms with E-state index in [1.54, 1.807) is 11.9 Å². The predicted octanol–water partition coefficient (Wildman–Crippen LogP) is -0.133. The Morgan fingerprint density at radius 3 is 2.62 bits per heavy atom. The SMILES string of the molecule is CC(C)N(C)C(=O)c1nc(N)n[nH]1. The Labute approximate surface area is 76.1 Å². The fraction of sp³-hybridized carbons (Fsp3) is 0.571. The van der Waals surface area contributed by atoms with Gasteiger partial charge in [-0.15, -0.1) is 5.10 Å². The lowest BCUT2D eigenvalue weighted by atomic mass is 10.3. The minimum atomic E-state index is -0.209. The zero-order valence-electron chi connectivity index (χ0n) is 7.90. The molecule has 0 atom stereocenters. The monoisotopic (exact) mass is 183 g/mol. The Morgan fingerprint density at radius 1 is 1.62 bits per heavy atom. The second kappa shape index (κ2) is 3.42. The van der Waals surface area contributed by atoms with Crippen molar-refractivity contribution in [1.29, 1.82) is 0 Å². The fourth-order valence-corrected chi connectivity index (χ4v) is 0.772. The van der Waals surface area contributed by atoms with Crippen molar-refractivity contribution in [2.75, 3.05) is 12.8 Å². The summed E-state index contributed by atoms with van der Waals surface area (Å²) in [4.78, 5) is 16.8. The molecule has 0 aliphatic carbocycles. The number of carbonyl (C=O) groups is 1. The average molecular weight is 183 g/mol. The first-order valence-corrected chi connectivity index (χ1v) is 3.97. The van der Waals surface area contributed by atoms with E-state index in [0.29, 0.717) is 0 Å². The summed E-state index contributed by atoms with van der Waals surface area (Å²) in [5.41, 5.74) is 5.27. The molecule has 0 fully saturated rings. The van der Waals surface area contributed by atoms with Crippen molar-refractivity contribution in [3.63, 3.8) is 0 Å². The highest BCUT2D eigenvalue weighted by molar-refractivity contribution is 5.90. The van der Waals surface area contributed by atoms with Crippen molar-refractivity contribution in [3.8, 4) is 0 Å². The van der Waals surface area contributed by atoms with Crippen LogP contribution in [0.15, 0.2) is 0 Å². The quantitative estimate of drug-likeness (QED) is 0.668. The van der Waals surface area contributed by atoms with Gasteiger partial charge in [0.15, 0.2) is 0 Å². The van der Waals surface area contributed by atoms with Crippen molar-refractivity contribution in [3.05, 3.63) is 5.82 Å². The summed E-state index contributed by atoms with van der Waals surface area (Å²) in [5, 5.41) is 6.04. The minimum absolute atomic E-state index is 0.0838. The van der Waals surface area contributed by atoms with Crippen LogP contribution < -0.4 is 5.73 Å². The van der Waals surface area contributed by atoms with Crippen LogP contribution >= 0.6 is 0 Å². The van der Waals surface area contributed by atoms with Gasteiger partial charge in [-0.05, 0) is 13.8 Å². The summed E-state index contributed by atoms with van der Waals surface area (Å²) in [5.74, 6) is 0.0495. The first kappa shape index (κ1) is 9.50.